The lowest BCUT2D eigenvalue weighted by Gasteiger charge is -2.39. The number of pyridine rings is 1. The molecule has 1 aromatic carbocycles. The van der Waals surface area contributed by atoms with Gasteiger partial charge in [0.25, 0.3) is 12.3 Å². The first-order valence-electron chi connectivity index (χ1n) is 13.5. The Morgan fingerprint density at radius 3 is 2.60 bits per heavy atom. The first-order chi connectivity index (χ1) is 19.2. The number of ether oxygens (including phenoxy) is 1. The number of anilines is 3. The van der Waals surface area contributed by atoms with Gasteiger partial charge in [-0.05, 0) is 38.2 Å². The number of nitrogens with one attached hydrogen (secondary N) is 1. The van der Waals surface area contributed by atoms with Crippen molar-refractivity contribution in [2.24, 2.45) is 0 Å². The number of carbonyl (C=O) groups is 1. The number of carbonyl (C=O) groups excluding carboxylic acids is 1. The number of nitrogens with zero attached hydrogens (tertiary/aromatic N) is 5. The van der Waals surface area contributed by atoms with Crippen molar-refractivity contribution in [3.8, 4) is 11.3 Å². The zero-order valence-electron chi connectivity index (χ0n) is 23.0. The van der Waals surface area contributed by atoms with Crippen LogP contribution in [0.2, 0.25) is 0 Å². The Hall–Kier alpha value is -3.57. The fourth-order valence-electron chi connectivity index (χ4n) is 5.22. The molecule has 0 spiro atoms. The normalized spacial score (nSPS) is 20.5. The minimum absolute atomic E-state index is 0.111. The molecule has 0 saturated carbocycles. The number of piperazine rings is 1. The maximum absolute atomic E-state index is 15.8. The van der Waals surface area contributed by atoms with Crippen LogP contribution in [0.1, 0.15) is 6.92 Å². The second-order valence-corrected chi connectivity index (χ2v) is 10.5. The summed E-state index contributed by atoms with van der Waals surface area (Å²) in [6, 6.07) is 8.60. The van der Waals surface area contributed by atoms with E-state index in [4.69, 9.17) is 9.72 Å². The zero-order valence-corrected chi connectivity index (χ0v) is 23.0. The van der Waals surface area contributed by atoms with Gasteiger partial charge in [0.2, 0.25) is 0 Å². The topological polar surface area (TPSA) is 64.2 Å². The van der Waals surface area contributed by atoms with E-state index in [0.29, 0.717) is 62.3 Å². The molecule has 2 saturated heterocycles. The molecule has 0 unspecified atom stereocenters. The van der Waals surface area contributed by atoms with Gasteiger partial charge in [-0.3, -0.25) is 4.79 Å². The van der Waals surface area contributed by atoms with Gasteiger partial charge in [-0.25, -0.2) is 18.2 Å². The van der Waals surface area contributed by atoms with Crippen LogP contribution in [0.4, 0.5) is 30.4 Å². The smallest absolute Gasteiger partial charge is 0.264 e. The molecule has 0 radical (unpaired) electrons. The first kappa shape index (κ1) is 28.0. The van der Waals surface area contributed by atoms with E-state index >= 15 is 4.39 Å². The number of aromatic nitrogens is 1. The number of rotatable bonds is 6. The van der Waals surface area contributed by atoms with Crippen LogP contribution >= 0.6 is 0 Å². The molecule has 4 heterocycles. The SMILES string of the molecule is C[C@H]1CN(c2cc(F)c(-c3cccc(N4CCOCC4)n3)cc2NC(=O)C2=CN(C)CC=C2C(F)F)CCN1C. The van der Waals surface area contributed by atoms with Gasteiger partial charge in [0.1, 0.15) is 11.6 Å². The van der Waals surface area contributed by atoms with Crippen LogP contribution in [0.5, 0.6) is 0 Å². The number of halogens is 3. The summed E-state index contributed by atoms with van der Waals surface area (Å²) in [5.74, 6) is -0.435. The fraction of sp³-hybridized carbons (Fsp3) is 0.448. The van der Waals surface area contributed by atoms with E-state index in [0.717, 1.165) is 6.54 Å². The molecule has 1 aromatic heterocycles. The van der Waals surface area contributed by atoms with Gasteiger partial charge in [-0.15, -0.1) is 0 Å². The van der Waals surface area contributed by atoms with E-state index in [-0.39, 0.29) is 29.3 Å². The number of hydrogen-bond acceptors (Lipinski definition) is 7. The van der Waals surface area contributed by atoms with Crippen molar-refractivity contribution in [1.29, 1.82) is 0 Å². The van der Waals surface area contributed by atoms with Crippen LogP contribution in [-0.2, 0) is 9.53 Å². The number of hydrogen-bond donors (Lipinski definition) is 1. The monoisotopic (exact) mass is 556 g/mol. The van der Waals surface area contributed by atoms with E-state index in [1.807, 2.05) is 24.1 Å². The van der Waals surface area contributed by atoms with E-state index in [2.05, 4.69) is 22.0 Å². The average molecular weight is 557 g/mol. The summed E-state index contributed by atoms with van der Waals surface area (Å²) >= 11 is 0. The molecule has 214 valence electrons. The number of amides is 1. The molecule has 2 fully saturated rings. The fourth-order valence-corrected chi connectivity index (χ4v) is 5.22. The third-order valence-corrected chi connectivity index (χ3v) is 7.72. The van der Waals surface area contributed by atoms with Crippen LogP contribution in [0.25, 0.3) is 11.3 Å². The van der Waals surface area contributed by atoms with Crippen molar-refractivity contribution in [3.05, 3.63) is 59.6 Å². The Kier molecular flexibility index (Phi) is 8.32. The Morgan fingerprint density at radius 1 is 1.10 bits per heavy atom. The predicted molar refractivity (Wildman–Crippen MR) is 150 cm³/mol. The van der Waals surface area contributed by atoms with Gasteiger partial charge >= 0.3 is 0 Å². The summed E-state index contributed by atoms with van der Waals surface area (Å²) in [5.41, 5.74) is 1.06. The highest BCUT2D eigenvalue weighted by atomic mass is 19.3. The summed E-state index contributed by atoms with van der Waals surface area (Å²) < 4.78 is 48.8. The second kappa shape index (κ2) is 11.9. The molecule has 1 N–H and O–H groups in total. The summed E-state index contributed by atoms with van der Waals surface area (Å²) in [7, 11) is 3.75. The highest BCUT2D eigenvalue weighted by Crippen LogP contribution is 2.36. The first-order valence-corrected chi connectivity index (χ1v) is 13.5. The predicted octanol–water partition coefficient (Wildman–Crippen LogP) is 3.82. The highest BCUT2D eigenvalue weighted by molar-refractivity contribution is 6.09. The Labute approximate surface area is 232 Å². The molecule has 2 aromatic rings. The van der Waals surface area contributed by atoms with Gasteiger partial charge in [-0.1, -0.05) is 12.1 Å². The van der Waals surface area contributed by atoms with Gasteiger partial charge in [0.15, 0.2) is 0 Å². The van der Waals surface area contributed by atoms with Crippen LogP contribution in [0.15, 0.2) is 53.8 Å². The standard InChI is InChI=1S/C29H35F3N6O2/c1-19-17-38(10-9-36(19)3)26-16-23(30)21(24-5-4-6-27(33-24)37-11-13-40-14-12-37)15-25(26)34-29(39)22-18-35(2)8-7-20(22)28(31)32/h4-7,15-16,18-19,28H,8-14,17H2,1-3H3,(H,34,39)/t19-/m0/s1. The quantitative estimate of drug-likeness (QED) is 0.581. The lowest BCUT2D eigenvalue weighted by atomic mass is 10.0. The van der Waals surface area contributed by atoms with Crippen LogP contribution in [0.3, 0.4) is 0 Å². The largest absolute Gasteiger partial charge is 0.378 e. The van der Waals surface area contributed by atoms with Crippen molar-refractivity contribution >= 4 is 23.1 Å². The highest BCUT2D eigenvalue weighted by Gasteiger charge is 2.29. The summed E-state index contributed by atoms with van der Waals surface area (Å²) in [5, 5.41) is 2.84. The molecule has 11 heteroatoms. The molecule has 0 bridgehead atoms. The van der Waals surface area contributed by atoms with Gasteiger partial charge in [-0.2, -0.15) is 0 Å². The number of likely N-dealkylation sites (N-methyl/N-ethyl adjacent to an activating group) is 2. The molecule has 3 aliphatic rings. The summed E-state index contributed by atoms with van der Waals surface area (Å²) in [4.78, 5) is 26.1. The lowest BCUT2D eigenvalue weighted by Crippen LogP contribution is -2.50. The lowest BCUT2D eigenvalue weighted by molar-refractivity contribution is -0.112. The van der Waals surface area contributed by atoms with Crippen LogP contribution in [0, 0.1) is 5.82 Å². The number of benzene rings is 1. The van der Waals surface area contributed by atoms with Gasteiger partial charge in [0, 0.05) is 69.7 Å². The van der Waals surface area contributed by atoms with Gasteiger partial charge in [0.05, 0.1) is 35.9 Å². The molecule has 0 aliphatic carbocycles. The van der Waals surface area contributed by atoms with Crippen molar-refractivity contribution < 1.29 is 22.7 Å². The third kappa shape index (κ3) is 5.95. The van der Waals surface area contributed by atoms with E-state index in [1.165, 1.54) is 18.3 Å². The van der Waals surface area contributed by atoms with E-state index in [1.54, 1.807) is 24.1 Å². The van der Waals surface area contributed by atoms with Crippen molar-refractivity contribution in [2.45, 2.75) is 19.4 Å². The minimum Gasteiger partial charge on any atom is -0.378 e. The maximum atomic E-state index is 15.8. The second-order valence-electron chi connectivity index (χ2n) is 10.5. The minimum atomic E-state index is -2.79. The zero-order chi connectivity index (χ0) is 28.4. The van der Waals surface area contributed by atoms with Crippen LogP contribution < -0.4 is 15.1 Å². The van der Waals surface area contributed by atoms with E-state index < -0.39 is 18.1 Å². The number of alkyl halides is 2. The average Bonchev–Trinajstić information content (AvgIpc) is 2.95. The molecular formula is C29H35F3N6O2. The molecule has 5 rings (SSSR count). The number of morpholine rings is 1. The molecule has 40 heavy (non-hydrogen) atoms. The Bertz CT molecular complexity index is 1310. The van der Waals surface area contributed by atoms with Crippen molar-refractivity contribution in [1.82, 2.24) is 14.8 Å². The van der Waals surface area contributed by atoms with Crippen LogP contribution in [-0.4, -0.2) is 99.7 Å². The third-order valence-electron chi connectivity index (χ3n) is 7.72. The van der Waals surface area contributed by atoms with Crippen molar-refractivity contribution in [2.75, 3.05) is 81.7 Å². The molecule has 3 aliphatic heterocycles. The molecule has 1 amide bonds. The summed E-state index contributed by atoms with van der Waals surface area (Å²) in [6.07, 6.45) is -0.00834. The van der Waals surface area contributed by atoms with Gasteiger partial charge < -0.3 is 29.7 Å². The molecule has 8 nitrogen and oxygen atoms in total. The molecule has 1 atom stereocenters. The van der Waals surface area contributed by atoms with Crippen molar-refractivity contribution in [3.63, 3.8) is 0 Å². The summed E-state index contributed by atoms with van der Waals surface area (Å²) in [6.45, 7) is 6.93. The van der Waals surface area contributed by atoms with E-state index in [9.17, 15) is 13.6 Å². The molecular weight excluding hydrogens is 521 g/mol. The Morgan fingerprint density at radius 2 is 1.88 bits per heavy atom. The maximum Gasteiger partial charge on any atom is 0.264 e. The Balaban J connectivity index is 1.53.